The van der Waals surface area contributed by atoms with E-state index in [4.69, 9.17) is 11.6 Å². The Kier molecular flexibility index (Phi) is 3.44. The standard InChI is InChI=1S/C15H16ClN3S/c1-9-6-12(16)4-5-13(9)17-7-14-11(3)18-15-19(14)8-10(2)20-15/h4-6,8,17H,7H2,1-3H3. The van der Waals surface area contributed by atoms with Crippen molar-refractivity contribution in [2.24, 2.45) is 0 Å². The van der Waals surface area contributed by atoms with Crippen molar-refractivity contribution < 1.29 is 0 Å². The van der Waals surface area contributed by atoms with Crippen molar-refractivity contribution >= 4 is 33.6 Å². The number of aryl methyl sites for hydroxylation is 3. The second-order valence-corrected chi connectivity index (χ2v) is 6.60. The number of hydrogen-bond donors (Lipinski definition) is 1. The summed E-state index contributed by atoms with van der Waals surface area (Å²) in [5.74, 6) is 0. The second-order valence-electron chi connectivity index (χ2n) is 4.95. The molecule has 0 spiro atoms. The molecular formula is C15H16ClN3S. The molecule has 0 fully saturated rings. The van der Waals surface area contributed by atoms with E-state index in [0.717, 1.165) is 33.5 Å². The predicted molar refractivity (Wildman–Crippen MR) is 86.1 cm³/mol. The molecule has 104 valence electrons. The lowest BCUT2D eigenvalue weighted by molar-refractivity contribution is 0.989. The molecule has 3 nitrogen and oxygen atoms in total. The summed E-state index contributed by atoms with van der Waals surface area (Å²) in [6.45, 7) is 6.98. The van der Waals surface area contributed by atoms with Gasteiger partial charge < -0.3 is 5.32 Å². The van der Waals surface area contributed by atoms with Crippen LogP contribution in [0.4, 0.5) is 5.69 Å². The summed E-state index contributed by atoms with van der Waals surface area (Å²) in [5, 5.41) is 4.24. The van der Waals surface area contributed by atoms with Crippen molar-refractivity contribution in [1.82, 2.24) is 9.38 Å². The van der Waals surface area contributed by atoms with E-state index in [1.54, 1.807) is 11.3 Å². The molecular weight excluding hydrogens is 290 g/mol. The first-order valence-corrected chi connectivity index (χ1v) is 7.68. The average molecular weight is 306 g/mol. The maximum atomic E-state index is 5.98. The molecule has 0 radical (unpaired) electrons. The number of thiazole rings is 1. The third kappa shape index (κ3) is 2.41. The van der Waals surface area contributed by atoms with E-state index in [2.05, 4.69) is 41.7 Å². The van der Waals surface area contributed by atoms with Gasteiger partial charge in [-0.05, 0) is 44.5 Å². The van der Waals surface area contributed by atoms with Crippen molar-refractivity contribution in [3.8, 4) is 0 Å². The number of aromatic nitrogens is 2. The van der Waals surface area contributed by atoms with Crippen LogP contribution in [0.15, 0.2) is 24.4 Å². The van der Waals surface area contributed by atoms with Crippen LogP contribution in [0.5, 0.6) is 0 Å². The van der Waals surface area contributed by atoms with E-state index in [9.17, 15) is 0 Å². The molecule has 1 N–H and O–H groups in total. The number of halogens is 1. The molecule has 3 aromatic rings. The van der Waals surface area contributed by atoms with Crippen molar-refractivity contribution in [2.75, 3.05) is 5.32 Å². The van der Waals surface area contributed by atoms with Gasteiger partial charge in [0.25, 0.3) is 0 Å². The Bertz CT molecular complexity index is 773. The number of imidazole rings is 1. The summed E-state index contributed by atoms with van der Waals surface area (Å²) >= 11 is 7.70. The zero-order valence-electron chi connectivity index (χ0n) is 11.7. The summed E-state index contributed by atoms with van der Waals surface area (Å²) in [5.41, 5.74) is 4.54. The molecule has 2 aromatic heterocycles. The lowest BCUT2D eigenvalue weighted by Crippen LogP contribution is -2.04. The Morgan fingerprint density at radius 3 is 2.85 bits per heavy atom. The summed E-state index contributed by atoms with van der Waals surface area (Å²) < 4.78 is 2.17. The molecule has 0 saturated carbocycles. The number of nitrogens with zero attached hydrogens (tertiary/aromatic N) is 2. The number of anilines is 1. The monoisotopic (exact) mass is 305 g/mol. The zero-order chi connectivity index (χ0) is 14.3. The summed E-state index contributed by atoms with van der Waals surface area (Å²) in [7, 11) is 0. The Morgan fingerprint density at radius 2 is 2.10 bits per heavy atom. The second kappa shape index (κ2) is 5.11. The van der Waals surface area contributed by atoms with Gasteiger partial charge in [0.1, 0.15) is 0 Å². The lowest BCUT2D eigenvalue weighted by atomic mass is 10.2. The Balaban J connectivity index is 1.87. The van der Waals surface area contributed by atoms with Crippen LogP contribution in [0, 0.1) is 20.8 Å². The summed E-state index contributed by atoms with van der Waals surface area (Å²) in [6.07, 6.45) is 2.14. The molecule has 1 aromatic carbocycles. The van der Waals surface area contributed by atoms with Crippen molar-refractivity contribution in [1.29, 1.82) is 0 Å². The first kappa shape index (κ1) is 13.5. The van der Waals surface area contributed by atoms with E-state index >= 15 is 0 Å². The Labute approximate surface area is 127 Å². The highest BCUT2D eigenvalue weighted by molar-refractivity contribution is 7.17. The number of nitrogens with one attached hydrogen (secondary N) is 1. The van der Waals surface area contributed by atoms with E-state index in [0.29, 0.717) is 0 Å². The minimum Gasteiger partial charge on any atom is -0.379 e. The molecule has 2 heterocycles. The fraction of sp³-hybridized carbons (Fsp3) is 0.267. The largest absolute Gasteiger partial charge is 0.379 e. The highest BCUT2D eigenvalue weighted by Gasteiger charge is 2.11. The predicted octanol–water partition coefficient (Wildman–Crippen LogP) is 4.59. The smallest absolute Gasteiger partial charge is 0.194 e. The molecule has 3 rings (SSSR count). The molecule has 0 aliphatic carbocycles. The fourth-order valence-electron chi connectivity index (χ4n) is 2.33. The van der Waals surface area contributed by atoms with Gasteiger partial charge >= 0.3 is 0 Å². The fourth-order valence-corrected chi connectivity index (χ4v) is 3.44. The minimum atomic E-state index is 0.756. The normalized spacial score (nSPS) is 11.2. The van der Waals surface area contributed by atoms with Crippen LogP contribution < -0.4 is 5.32 Å². The molecule has 0 aliphatic heterocycles. The number of benzene rings is 1. The maximum absolute atomic E-state index is 5.98. The summed E-state index contributed by atoms with van der Waals surface area (Å²) in [6, 6.07) is 5.89. The highest BCUT2D eigenvalue weighted by atomic mass is 35.5. The van der Waals surface area contributed by atoms with Gasteiger partial charge in [0, 0.05) is 21.8 Å². The van der Waals surface area contributed by atoms with Crippen LogP contribution in [-0.4, -0.2) is 9.38 Å². The number of rotatable bonds is 3. The third-order valence-electron chi connectivity index (χ3n) is 3.38. The van der Waals surface area contributed by atoms with Crippen LogP contribution in [0.25, 0.3) is 4.96 Å². The van der Waals surface area contributed by atoms with E-state index in [1.165, 1.54) is 10.6 Å². The van der Waals surface area contributed by atoms with E-state index < -0.39 is 0 Å². The van der Waals surface area contributed by atoms with Gasteiger partial charge in [-0.15, -0.1) is 11.3 Å². The topological polar surface area (TPSA) is 29.3 Å². The number of hydrogen-bond acceptors (Lipinski definition) is 3. The van der Waals surface area contributed by atoms with Gasteiger partial charge in [0.15, 0.2) is 4.96 Å². The van der Waals surface area contributed by atoms with Crippen LogP contribution >= 0.6 is 22.9 Å². The lowest BCUT2D eigenvalue weighted by Gasteiger charge is -2.10. The van der Waals surface area contributed by atoms with Crippen LogP contribution in [-0.2, 0) is 6.54 Å². The van der Waals surface area contributed by atoms with Crippen LogP contribution in [0.3, 0.4) is 0 Å². The maximum Gasteiger partial charge on any atom is 0.194 e. The molecule has 0 bridgehead atoms. The molecule has 0 atom stereocenters. The molecule has 0 saturated heterocycles. The molecule has 0 amide bonds. The van der Waals surface area contributed by atoms with E-state index in [1.807, 2.05) is 18.2 Å². The SMILES string of the molecule is Cc1cn2c(CNc3ccc(Cl)cc3C)c(C)nc2s1. The van der Waals surface area contributed by atoms with Gasteiger partial charge in [-0.3, -0.25) is 4.40 Å². The third-order valence-corrected chi connectivity index (χ3v) is 4.51. The molecule has 5 heteroatoms. The van der Waals surface area contributed by atoms with Gasteiger partial charge in [-0.2, -0.15) is 0 Å². The minimum absolute atomic E-state index is 0.756. The van der Waals surface area contributed by atoms with Crippen molar-refractivity contribution in [3.05, 3.63) is 51.2 Å². The van der Waals surface area contributed by atoms with Gasteiger partial charge in [0.2, 0.25) is 0 Å². The van der Waals surface area contributed by atoms with Gasteiger partial charge in [-0.25, -0.2) is 4.98 Å². The van der Waals surface area contributed by atoms with Gasteiger partial charge in [-0.1, -0.05) is 11.6 Å². The van der Waals surface area contributed by atoms with Crippen LogP contribution in [0.2, 0.25) is 5.02 Å². The molecule has 20 heavy (non-hydrogen) atoms. The first-order valence-electron chi connectivity index (χ1n) is 6.48. The first-order chi connectivity index (χ1) is 9.54. The summed E-state index contributed by atoms with van der Waals surface area (Å²) in [4.78, 5) is 6.94. The highest BCUT2D eigenvalue weighted by Crippen LogP contribution is 2.23. The van der Waals surface area contributed by atoms with Gasteiger partial charge in [0.05, 0.1) is 17.9 Å². The molecule has 0 unspecified atom stereocenters. The molecule has 0 aliphatic rings. The van der Waals surface area contributed by atoms with Crippen LogP contribution in [0.1, 0.15) is 21.8 Å². The number of fused-ring (bicyclic) bond motifs is 1. The average Bonchev–Trinajstić information content (AvgIpc) is 2.84. The Morgan fingerprint density at radius 1 is 1.30 bits per heavy atom. The Hall–Kier alpha value is -1.52. The van der Waals surface area contributed by atoms with Crippen molar-refractivity contribution in [2.45, 2.75) is 27.3 Å². The zero-order valence-corrected chi connectivity index (χ0v) is 13.3. The van der Waals surface area contributed by atoms with E-state index in [-0.39, 0.29) is 0 Å². The van der Waals surface area contributed by atoms with Crippen molar-refractivity contribution in [3.63, 3.8) is 0 Å². The quantitative estimate of drug-likeness (QED) is 0.767.